The lowest BCUT2D eigenvalue weighted by Crippen LogP contribution is -2.30. The maximum atomic E-state index is 2.49. The second kappa shape index (κ2) is 9.82. The molecule has 1 atom stereocenters. The van der Waals surface area contributed by atoms with Crippen molar-refractivity contribution in [1.82, 2.24) is 4.57 Å². The van der Waals surface area contributed by atoms with Crippen molar-refractivity contribution in [1.29, 1.82) is 0 Å². The van der Waals surface area contributed by atoms with Crippen molar-refractivity contribution >= 4 is 49.6 Å². The first-order chi connectivity index (χ1) is 24.3. The summed E-state index contributed by atoms with van der Waals surface area (Å²) in [6.07, 6.45) is 0. The molecular weight excluding hydrogens is 593 g/mol. The van der Waals surface area contributed by atoms with Gasteiger partial charge in [-0.3, -0.25) is 0 Å². The van der Waals surface area contributed by atoms with Gasteiger partial charge in [-0.2, -0.15) is 0 Å². The molecule has 0 saturated carbocycles. The van der Waals surface area contributed by atoms with Crippen LogP contribution >= 0.6 is 0 Å². The number of rotatable bonds is 5. The van der Waals surface area contributed by atoms with E-state index in [2.05, 4.69) is 191 Å². The van der Waals surface area contributed by atoms with Crippen LogP contribution < -0.4 is 4.90 Å². The zero-order valence-corrected chi connectivity index (χ0v) is 26.7. The maximum Gasteiger partial charge on any atom is 0.0726 e. The zero-order chi connectivity index (χ0) is 32.1. The molecule has 8 aromatic carbocycles. The number of aromatic nitrogens is 1. The van der Waals surface area contributed by atoms with Gasteiger partial charge in [-0.1, -0.05) is 121 Å². The highest BCUT2D eigenvalue weighted by Gasteiger charge is 2.50. The largest absolute Gasteiger partial charge is 0.311 e. The SMILES string of the molecule is c1ccc(N(c2ccccc2)c2ccc(-n3c4ccc5c6c4c4c7c(cccc7ccc43)C6(c3ccccc3)c3ccccc3-5)cc2)cc1. The zero-order valence-electron chi connectivity index (χ0n) is 26.7. The molecule has 2 aliphatic carbocycles. The lowest BCUT2D eigenvalue weighted by molar-refractivity contribution is 0.782. The molecule has 2 nitrogen and oxygen atoms in total. The van der Waals surface area contributed by atoms with E-state index in [0.717, 1.165) is 22.7 Å². The van der Waals surface area contributed by atoms with Crippen LogP contribution in [0.1, 0.15) is 22.3 Å². The van der Waals surface area contributed by atoms with Crippen molar-refractivity contribution in [2.45, 2.75) is 5.41 Å². The first-order valence-corrected chi connectivity index (χ1v) is 17.0. The first kappa shape index (κ1) is 26.7. The highest BCUT2D eigenvalue weighted by Crippen LogP contribution is 2.63. The number of hydrogen-bond acceptors (Lipinski definition) is 1. The highest BCUT2D eigenvalue weighted by atomic mass is 15.1. The van der Waals surface area contributed by atoms with Crippen LogP contribution in [0.2, 0.25) is 0 Å². The molecule has 2 aliphatic rings. The van der Waals surface area contributed by atoms with Crippen LogP contribution in [0.3, 0.4) is 0 Å². The molecule has 1 heterocycles. The first-order valence-electron chi connectivity index (χ1n) is 17.0. The standard InChI is InChI=1S/C47H30N2/c1-4-14-32(15-5-1)47-39-21-11-10-20-37(39)38-28-30-42-45(46(38)47)44-41(29-23-31-13-12-22-40(47)43(31)44)49(42)36-26-24-35(25-27-36)48(33-16-6-2-7-17-33)34-18-8-3-9-19-34/h1-30H. The number of benzene rings is 8. The Morgan fingerprint density at radius 3 is 1.71 bits per heavy atom. The van der Waals surface area contributed by atoms with Gasteiger partial charge in [-0.25, -0.2) is 0 Å². The Bertz CT molecular complexity index is 2700. The van der Waals surface area contributed by atoms with E-state index in [1.165, 1.54) is 66.0 Å². The molecule has 1 aromatic heterocycles. The third-order valence-corrected chi connectivity index (χ3v) is 10.9. The smallest absolute Gasteiger partial charge is 0.0726 e. The summed E-state index contributed by atoms with van der Waals surface area (Å²) >= 11 is 0. The van der Waals surface area contributed by atoms with E-state index in [1.807, 2.05) is 0 Å². The van der Waals surface area contributed by atoms with Crippen molar-refractivity contribution in [2.24, 2.45) is 0 Å². The Morgan fingerprint density at radius 1 is 0.388 bits per heavy atom. The van der Waals surface area contributed by atoms with Gasteiger partial charge in [-0.05, 0) is 105 Å². The second-order valence-electron chi connectivity index (χ2n) is 13.3. The molecule has 0 saturated heterocycles. The Hall–Kier alpha value is -6.38. The molecular formula is C47H30N2. The van der Waals surface area contributed by atoms with Crippen LogP contribution in [-0.2, 0) is 5.41 Å². The quantitative estimate of drug-likeness (QED) is 0.185. The Morgan fingerprint density at radius 2 is 0.980 bits per heavy atom. The number of para-hydroxylation sites is 2. The molecule has 49 heavy (non-hydrogen) atoms. The van der Waals surface area contributed by atoms with Crippen LogP contribution in [0, 0.1) is 0 Å². The fraction of sp³-hybridized carbons (Fsp3) is 0.0213. The molecule has 0 N–H and O–H groups in total. The topological polar surface area (TPSA) is 8.17 Å². The predicted molar refractivity (Wildman–Crippen MR) is 204 cm³/mol. The second-order valence-corrected chi connectivity index (χ2v) is 13.3. The molecule has 2 heteroatoms. The number of hydrogen-bond donors (Lipinski definition) is 0. The van der Waals surface area contributed by atoms with Crippen LogP contribution in [0.4, 0.5) is 17.1 Å². The van der Waals surface area contributed by atoms with E-state index < -0.39 is 5.41 Å². The van der Waals surface area contributed by atoms with Crippen molar-refractivity contribution in [2.75, 3.05) is 4.90 Å². The van der Waals surface area contributed by atoms with Gasteiger partial charge in [0.1, 0.15) is 0 Å². The van der Waals surface area contributed by atoms with Gasteiger partial charge >= 0.3 is 0 Å². The summed E-state index contributed by atoms with van der Waals surface area (Å²) in [6, 6.07) is 66.9. The van der Waals surface area contributed by atoms with E-state index >= 15 is 0 Å². The van der Waals surface area contributed by atoms with Gasteiger partial charge in [0, 0.05) is 33.5 Å². The monoisotopic (exact) mass is 622 g/mol. The number of anilines is 3. The van der Waals surface area contributed by atoms with Crippen molar-refractivity contribution in [3.8, 4) is 16.8 Å². The molecule has 0 radical (unpaired) electrons. The van der Waals surface area contributed by atoms with E-state index in [-0.39, 0.29) is 0 Å². The summed E-state index contributed by atoms with van der Waals surface area (Å²) in [7, 11) is 0. The summed E-state index contributed by atoms with van der Waals surface area (Å²) in [5.74, 6) is 0. The minimum atomic E-state index is -0.393. The minimum absolute atomic E-state index is 0.393. The van der Waals surface area contributed by atoms with Gasteiger partial charge in [0.2, 0.25) is 0 Å². The lowest BCUT2D eigenvalue weighted by Gasteiger charge is -2.37. The summed E-state index contributed by atoms with van der Waals surface area (Å²) in [4.78, 5) is 2.32. The van der Waals surface area contributed by atoms with Gasteiger partial charge in [0.25, 0.3) is 0 Å². The fourth-order valence-corrected chi connectivity index (χ4v) is 9.13. The normalized spacial score (nSPS) is 15.4. The van der Waals surface area contributed by atoms with Gasteiger partial charge in [0.05, 0.1) is 16.4 Å². The van der Waals surface area contributed by atoms with Gasteiger partial charge < -0.3 is 9.47 Å². The average Bonchev–Trinajstić information content (AvgIpc) is 3.68. The average molecular weight is 623 g/mol. The minimum Gasteiger partial charge on any atom is -0.311 e. The Balaban J connectivity index is 1.21. The molecule has 11 rings (SSSR count). The fourth-order valence-electron chi connectivity index (χ4n) is 9.13. The molecule has 0 bridgehead atoms. The number of fused-ring (bicyclic) bond motifs is 4. The van der Waals surface area contributed by atoms with E-state index in [0.29, 0.717) is 0 Å². The van der Waals surface area contributed by atoms with Gasteiger partial charge in [-0.15, -0.1) is 0 Å². The van der Waals surface area contributed by atoms with Crippen LogP contribution in [0.15, 0.2) is 182 Å². The number of nitrogens with zero attached hydrogens (tertiary/aromatic N) is 2. The van der Waals surface area contributed by atoms with E-state index in [1.54, 1.807) is 0 Å². The Kier molecular flexibility index (Phi) is 5.34. The van der Waals surface area contributed by atoms with Crippen LogP contribution in [0.25, 0.3) is 49.4 Å². The molecule has 0 aliphatic heterocycles. The van der Waals surface area contributed by atoms with E-state index in [9.17, 15) is 0 Å². The summed E-state index contributed by atoms with van der Waals surface area (Å²) in [5.41, 5.74) is 14.8. The van der Waals surface area contributed by atoms with Crippen molar-refractivity contribution < 1.29 is 0 Å². The van der Waals surface area contributed by atoms with Crippen molar-refractivity contribution in [3.63, 3.8) is 0 Å². The van der Waals surface area contributed by atoms with Crippen LogP contribution in [-0.4, -0.2) is 4.57 Å². The molecule has 9 aromatic rings. The lowest BCUT2D eigenvalue weighted by atomic mass is 9.63. The van der Waals surface area contributed by atoms with Crippen LogP contribution in [0.5, 0.6) is 0 Å². The summed E-state index contributed by atoms with van der Waals surface area (Å²) < 4.78 is 2.49. The third-order valence-electron chi connectivity index (χ3n) is 10.9. The molecule has 1 unspecified atom stereocenters. The molecule has 0 spiro atoms. The Labute approximate surface area is 284 Å². The molecule has 228 valence electrons. The summed E-state index contributed by atoms with van der Waals surface area (Å²) in [6.45, 7) is 0. The van der Waals surface area contributed by atoms with Crippen molar-refractivity contribution in [3.05, 3.63) is 204 Å². The van der Waals surface area contributed by atoms with Gasteiger partial charge in [0.15, 0.2) is 0 Å². The predicted octanol–water partition coefficient (Wildman–Crippen LogP) is 12.1. The highest BCUT2D eigenvalue weighted by molar-refractivity contribution is 6.28. The molecule has 0 fully saturated rings. The summed E-state index contributed by atoms with van der Waals surface area (Å²) in [5, 5.41) is 5.39. The molecule has 0 amide bonds. The third kappa shape index (κ3) is 3.40. The van der Waals surface area contributed by atoms with E-state index in [4.69, 9.17) is 0 Å². The maximum absolute atomic E-state index is 2.49.